The van der Waals surface area contributed by atoms with E-state index < -0.39 is 0 Å². The van der Waals surface area contributed by atoms with Crippen molar-refractivity contribution >= 4 is 17.1 Å². The first kappa shape index (κ1) is 15.6. The van der Waals surface area contributed by atoms with Crippen LogP contribution in [0, 0.1) is 0 Å². The Labute approximate surface area is 160 Å². The standard InChI is InChI=1S/C23H15NO4/c1-26-23(25)13-6-8-16-18(10-13)22-17-9-12(5-7-15(17)21(16)28-22)14-3-2-4-19-20(14)24-11-27-19/h2-11,21-22H,1H3. The van der Waals surface area contributed by atoms with Gasteiger partial charge in [-0.05, 0) is 52.1 Å². The molecule has 4 aromatic rings. The highest BCUT2D eigenvalue weighted by Gasteiger charge is 2.43. The summed E-state index contributed by atoms with van der Waals surface area (Å²) in [6, 6.07) is 18.0. The summed E-state index contributed by atoms with van der Waals surface area (Å²) < 4.78 is 16.6. The number of para-hydroxylation sites is 1. The molecule has 136 valence electrons. The van der Waals surface area contributed by atoms with Crippen LogP contribution < -0.4 is 0 Å². The molecule has 0 saturated heterocycles. The van der Waals surface area contributed by atoms with Gasteiger partial charge in [0.1, 0.15) is 17.7 Å². The van der Waals surface area contributed by atoms with Crippen molar-refractivity contribution in [3.8, 4) is 11.1 Å². The van der Waals surface area contributed by atoms with Gasteiger partial charge in [0.2, 0.25) is 0 Å². The van der Waals surface area contributed by atoms with Gasteiger partial charge in [-0.1, -0.05) is 30.3 Å². The Morgan fingerprint density at radius 2 is 1.75 bits per heavy atom. The Balaban J connectivity index is 1.48. The molecule has 1 aromatic heterocycles. The van der Waals surface area contributed by atoms with Gasteiger partial charge < -0.3 is 13.9 Å². The van der Waals surface area contributed by atoms with E-state index in [9.17, 15) is 4.79 Å². The Morgan fingerprint density at radius 3 is 2.61 bits per heavy atom. The smallest absolute Gasteiger partial charge is 0.337 e. The highest BCUT2D eigenvalue weighted by atomic mass is 16.5. The molecule has 0 saturated carbocycles. The van der Waals surface area contributed by atoms with Crippen LogP contribution in [0.5, 0.6) is 0 Å². The molecule has 3 heterocycles. The molecule has 2 unspecified atom stereocenters. The zero-order chi connectivity index (χ0) is 18.8. The second-order valence-corrected chi connectivity index (χ2v) is 7.08. The van der Waals surface area contributed by atoms with Crippen LogP contribution in [0.1, 0.15) is 44.8 Å². The van der Waals surface area contributed by atoms with Crippen molar-refractivity contribution in [2.24, 2.45) is 0 Å². The molecular weight excluding hydrogens is 354 g/mol. The van der Waals surface area contributed by atoms with E-state index in [4.69, 9.17) is 13.9 Å². The molecule has 2 atom stereocenters. The number of ether oxygens (including phenoxy) is 2. The summed E-state index contributed by atoms with van der Waals surface area (Å²) in [4.78, 5) is 16.3. The molecular formula is C23H15NO4. The number of esters is 1. The lowest BCUT2D eigenvalue weighted by molar-refractivity contribution is 0.0600. The first-order valence-electron chi connectivity index (χ1n) is 9.08. The van der Waals surface area contributed by atoms with Gasteiger partial charge in [-0.2, -0.15) is 0 Å². The molecule has 0 amide bonds. The first-order chi connectivity index (χ1) is 13.7. The average molecular weight is 369 g/mol. The number of methoxy groups -OCH3 is 1. The summed E-state index contributed by atoms with van der Waals surface area (Å²) >= 11 is 0. The number of oxazole rings is 1. The third-order valence-corrected chi connectivity index (χ3v) is 5.67. The van der Waals surface area contributed by atoms with Gasteiger partial charge in [-0.15, -0.1) is 0 Å². The minimum atomic E-state index is -0.336. The molecule has 0 aliphatic carbocycles. The number of hydrogen-bond acceptors (Lipinski definition) is 5. The SMILES string of the molecule is COC(=O)c1ccc2c(c1)C1OC2c2ccc(-c3cccc4ocnc34)cc21. The van der Waals surface area contributed by atoms with Gasteiger partial charge in [0, 0.05) is 5.56 Å². The zero-order valence-electron chi connectivity index (χ0n) is 15.0. The zero-order valence-corrected chi connectivity index (χ0v) is 15.0. The summed E-state index contributed by atoms with van der Waals surface area (Å²) in [6.07, 6.45) is 1.21. The third kappa shape index (κ3) is 1.99. The Bertz CT molecular complexity index is 1270. The quantitative estimate of drug-likeness (QED) is 0.475. The number of benzene rings is 3. The van der Waals surface area contributed by atoms with Gasteiger partial charge in [-0.25, -0.2) is 9.78 Å². The maximum absolute atomic E-state index is 11.9. The van der Waals surface area contributed by atoms with Crippen molar-refractivity contribution in [2.45, 2.75) is 12.2 Å². The topological polar surface area (TPSA) is 61.6 Å². The molecule has 2 aliphatic rings. The Hall–Kier alpha value is -3.44. The average Bonchev–Trinajstić information content (AvgIpc) is 3.45. The highest BCUT2D eigenvalue weighted by molar-refractivity contribution is 5.91. The van der Waals surface area contributed by atoms with E-state index in [1.54, 1.807) is 6.07 Å². The number of hydrogen-bond donors (Lipinski definition) is 0. The molecule has 2 aliphatic heterocycles. The summed E-state index contributed by atoms with van der Waals surface area (Å²) in [7, 11) is 1.39. The Morgan fingerprint density at radius 1 is 0.964 bits per heavy atom. The van der Waals surface area contributed by atoms with Crippen molar-refractivity contribution < 1.29 is 18.7 Å². The summed E-state index contributed by atoms with van der Waals surface area (Å²) in [5.74, 6) is -0.336. The van der Waals surface area contributed by atoms with E-state index in [1.165, 1.54) is 19.1 Å². The molecule has 5 nitrogen and oxygen atoms in total. The fraction of sp³-hybridized carbons (Fsp3) is 0.130. The second-order valence-electron chi connectivity index (χ2n) is 7.08. The van der Waals surface area contributed by atoms with Crippen LogP contribution in [0.25, 0.3) is 22.2 Å². The molecule has 6 rings (SSSR count). The van der Waals surface area contributed by atoms with E-state index in [1.807, 2.05) is 30.3 Å². The largest absolute Gasteiger partial charge is 0.465 e. The molecule has 5 heteroatoms. The monoisotopic (exact) mass is 369 g/mol. The van der Waals surface area contributed by atoms with Crippen molar-refractivity contribution in [1.29, 1.82) is 0 Å². The normalized spacial score (nSPS) is 18.9. The number of carbonyl (C=O) groups is 1. The van der Waals surface area contributed by atoms with Crippen LogP contribution >= 0.6 is 0 Å². The number of nitrogens with zero attached hydrogens (tertiary/aromatic N) is 1. The van der Waals surface area contributed by atoms with E-state index >= 15 is 0 Å². The van der Waals surface area contributed by atoms with Gasteiger partial charge >= 0.3 is 5.97 Å². The highest BCUT2D eigenvalue weighted by Crippen LogP contribution is 2.55. The van der Waals surface area contributed by atoms with Crippen LogP contribution in [-0.2, 0) is 9.47 Å². The number of aromatic nitrogens is 1. The predicted octanol–water partition coefficient (Wildman–Crippen LogP) is 4.80. The predicted molar refractivity (Wildman–Crippen MR) is 102 cm³/mol. The van der Waals surface area contributed by atoms with Crippen LogP contribution in [0.4, 0.5) is 0 Å². The summed E-state index contributed by atoms with van der Waals surface area (Å²) in [5.41, 5.74) is 8.73. The maximum atomic E-state index is 11.9. The van der Waals surface area contributed by atoms with Crippen LogP contribution in [0.2, 0.25) is 0 Å². The molecule has 28 heavy (non-hydrogen) atoms. The number of fused-ring (bicyclic) bond motifs is 9. The van der Waals surface area contributed by atoms with Crippen LogP contribution in [0.15, 0.2) is 65.4 Å². The molecule has 0 spiro atoms. The number of carbonyl (C=O) groups excluding carboxylic acids is 1. The van der Waals surface area contributed by atoms with Crippen molar-refractivity contribution in [3.05, 3.63) is 88.8 Å². The van der Waals surface area contributed by atoms with Crippen molar-refractivity contribution in [2.75, 3.05) is 7.11 Å². The molecule has 3 aromatic carbocycles. The lowest BCUT2D eigenvalue weighted by Crippen LogP contribution is -2.07. The maximum Gasteiger partial charge on any atom is 0.337 e. The van der Waals surface area contributed by atoms with E-state index in [0.29, 0.717) is 5.56 Å². The molecule has 0 radical (unpaired) electrons. The van der Waals surface area contributed by atoms with Gasteiger partial charge in [0.25, 0.3) is 0 Å². The fourth-order valence-corrected chi connectivity index (χ4v) is 4.38. The van der Waals surface area contributed by atoms with Gasteiger partial charge in [0.15, 0.2) is 12.0 Å². The number of rotatable bonds is 2. The summed E-state index contributed by atoms with van der Waals surface area (Å²) in [6.45, 7) is 0. The van der Waals surface area contributed by atoms with E-state index in [-0.39, 0.29) is 18.2 Å². The van der Waals surface area contributed by atoms with Crippen molar-refractivity contribution in [3.63, 3.8) is 0 Å². The second kappa shape index (κ2) is 5.53. The third-order valence-electron chi connectivity index (χ3n) is 5.67. The van der Waals surface area contributed by atoms with E-state index in [2.05, 4.69) is 23.2 Å². The van der Waals surface area contributed by atoms with Gasteiger partial charge in [0.05, 0.1) is 12.7 Å². The van der Waals surface area contributed by atoms with Crippen molar-refractivity contribution in [1.82, 2.24) is 4.98 Å². The minimum absolute atomic E-state index is 0.0846. The first-order valence-corrected chi connectivity index (χ1v) is 9.08. The fourth-order valence-electron chi connectivity index (χ4n) is 4.38. The van der Waals surface area contributed by atoms with Gasteiger partial charge in [-0.3, -0.25) is 0 Å². The van der Waals surface area contributed by atoms with Crippen LogP contribution in [0.3, 0.4) is 0 Å². The lowest BCUT2D eigenvalue weighted by atomic mass is 9.84. The Kier molecular flexibility index (Phi) is 3.08. The molecule has 2 bridgehead atoms. The molecule has 0 N–H and O–H groups in total. The molecule has 0 fully saturated rings. The summed E-state index contributed by atoms with van der Waals surface area (Å²) in [5, 5.41) is 0. The van der Waals surface area contributed by atoms with E-state index in [0.717, 1.165) is 38.9 Å². The minimum Gasteiger partial charge on any atom is -0.465 e. The van der Waals surface area contributed by atoms with Crippen LogP contribution in [-0.4, -0.2) is 18.1 Å². The lowest BCUT2D eigenvalue weighted by Gasteiger charge is -2.17.